The van der Waals surface area contributed by atoms with Crippen LogP contribution in [0.1, 0.15) is 47.9 Å². The number of benzene rings is 3. The molecular weight excluding hydrogens is 522 g/mol. The van der Waals surface area contributed by atoms with Gasteiger partial charge < -0.3 is 9.64 Å². The van der Waals surface area contributed by atoms with Crippen LogP contribution in [0.2, 0.25) is 0 Å². The fraction of sp³-hybridized carbons (Fsp3) is 0.273. The average Bonchev–Trinajstić information content (AvgIpc) is 2.95. The van der Waals surface area contributed by atoms with Crippen molar-refractivity contribution in [2.45, 2.75) is 56.2 Å². The van der Waals surface area contributed by atoms with Gasteiger partial charge in [0.15, 0.2) is 9.84 Å². The number of carbonyl (C=O) groups is 2. The van der Waals surface area contributed by atoms with Crippen molar-refractivity contribution in [3.8, 4) is 0 Å². The lowest BCUT2D eigenvalue weighted by Gasteiger charge is -2.41. The molecule has 7 heteroatoms. The zero-order valence-electron chi connectivity index (χ0n) is 23.0. The Hall–Kier alpha value is -3.97. The summed E-state index contributed by atoms with van der Waals surface area (Å²) in [6, 6.07) is 24.0. The first kappa shape index (κ1) is 27.6. The molecule has 1 aliphatic heterocycles. The van der Waals surface area contributed by atoms with Crippen molar-refractivity contribution in [1.29, 1.82) is 0 Å². The van der Waals surface area contributed by atoms with Crippen LogP contribution in [-0.2, 0) is 30.7 Å². The number of allylic oxidation sites excluding steroid dienone is 2. The molecule has 2 aliphatic rings. The van der Waals surface area contributed by atoms with Crippen molar-refractivity contribution < 1.29 is 22.7 Å². The molecule has 5 rings (SSSR count). The Bertz CT molecular complexity index is 1590. The minimum absolute atomic E-state index is 0.00491. The molecule has 0 fully saturated rings. The summed E-state index contributed by atoms with van der Waals surface area (Å²) in [5.74, 6) is -1.40. The number of hydrogen-bond donors (Lipinski definition) is 0. The smallest absolute Gasteiger partial charge is 0.334 e. The van der Waals surface area contributed by atoms with E-state index in [1.54, 1.807) is 36.1 Å². The second-order valence-electron chi connectivity index (χ2n) is 10.4. The molecule has 206 valence electrons. The minimum atomic E-state index is -4.03. The van der Waals surface area contributed by atoms with E-state index in [4.69, 9.17) is 4.74 Å². The highest BCUT2D eigenvalue weighted by molar-refractivity contribution is 7.92. The number of sulfone groups is 1. The molecule has 2 unspecified atom stereocenters. The van der Waals surface area contributed by atoms with E-state index in [1.807, 2.05) is 74.5 Å². The maximum Gasteiger partial charge on any atom is 0.334 e. The highest BCUT2D eigenvalue weighted by Crippen LogP contribution is 2.46. The Morgan fingerprint density at radius 1 is 0.925 bits per heavy atom. The van der Waals surface area contributed by atoms with Gasteiger partial charge in [-0.3, -0.25) is 4.79 Å². The third-order valence-corrected chi connectivity index (χ3v) is 9.69. The van der Waals surface area contributed by atoms with Crippen LogP contribution >= 0.6 is 0 Å². The van der Waals surface area contributed by atoms with Gasteiger partial charge in [0.05, 0.1) is 18.0 Å². The molecule has 1 amide bonds. The number of amides is 1. The van der Waals surface area contributed by atoms with Crippen LogP contribution in [0.15, 0.2) is 107 Å². The summed E-state index contributed by atoms with van der Waals surface area (Å²) in [5, 5.41) is -1.31. The molecule has 1 heterocycles. The predicted molar refractivity (Wildman–Crippen MR) is 154 cm³/mol. The van der Waals surface area contributed by atoms with Crippen LogP contribution in [0.5, 0.6) is 0 Å². The molecule has 0 saturated carbocycles. The lowest BCUT2D eigenvalue weighted by Crippen LogP contribution is -2.47. The van der Waals surface area contributed by atoms with Gasteiger partial charge in [-0.15, -0.1) is 0 Å². The highest BCUT2D eigenvalue weighted by atomic mass is 32.2. The Morgan fingerprint density at radius 2 is 1.55 bits per heavy atom. The van der Waals surface area contributed by atoms with Crippen molar-refractivity contribution in [2.24, 2.45) is 0 Å². The summed E-state index contributed by atoms with van der Waals surface area (Å²) in [4.78, 5) is 29.0. The normalized spacial score (nSPS) is 19.2. The predicted octanol–water partition coefficient (Wildman–Crippen LogP) is 5.81. The molecule has 0 bridgehead atoms. The van der Waals surface area contributed by atoms with Crippen molar-refractivity contribution in [3.63, 3.8) is 0 Å². The van der Waals surface area contributed by atoms with E-state index in [9.17, 15) is 18.0 Å². The molecule has 0 aromatic heterocycles. The molecule has 2 atom stereocenters. The Morgan fingerprint density at radius 3 is 2.17 bits per heavy atom. The Labute approximate surface area is 235 Å². The molecule has 0 spiro atoms. The summed E-state index contributed by atoms with van der Waals surface area (Å²) in [5.41, 5.74) is 5.75. The van der Waals surface area contributed by atoms with Gasteiger partial charge in [0.25, 0.3) is 0 Å². The third kappa shape index (κ3) is 5.26. The molecule has 1 aliphatic carbocycles. The summed E-state index contributed by atoms with van der Waals surface area (Å²) in [6.07, 6.45) is 2.17. The second-order valence-corrected chi connectivity index (χ2v) is 12.5. The number of rotatable bonds is 7. The van der Waals surface area contributed by atoms with Crippen LogP contribution in [0.4, 0.5) is 0 Å². The van der Waals surface area contributed by atoms with Gasteiger partial charge in [0, 0.05) is 23.6 Å². The van der Waals surface area contributed by atoms with Gasteiger partial charge in [-0.1, -0.05) is 83.9 Å². The molecule has 40 heavy (non-hydrogen) atoms. The molecular formula is C33H33NO5S. The monoisotopic (exact) mass is 555 g/mol. The maximum atomic E-state index is 14.1. The fourth-order valence-corrected chi connectivity index (χ4v) is 7.19. The topological polar surface area (TPSA) is 80.8 Å². The molecule has 3 aromatic carbocycles. The van der Waals surface area contributed by atoms with Crippen LogP contribution in [-0.4, -0.2) is 37.1 Å². The Kier molecular flexibility index (Phi) is 7.76. The summed E-state index contributed by atoms with van der Waals surface area (Å²) >= 11 is 0. The van der Waals surface area contributed by atoms with Crippen LogP contribution < -0.4 is 0 Å². The SMILES string of the molecule is CCOC(=O)C1=CCC2=C(CC(S(=O)(=O)c3ccc(C)cc3)C(=O)N2Cc2ccccc2)C1c1ccc(C)cc1. The molecule has 0 radical (unpaired) electrons. The van der Waals surface area contributed by atoms with Crippen LogP contribution in [0.25, 0.3) is 0 Å². The van der Waals surface area contributed by atoms with Gasteiger partial charge in [0.1, 0.15) is 5.25 Å². The molecule has 0 saturated heterocycles. The third-order valence-electron chi connectivity index (χ3n) is 7.65. The van der Waals surface area contributed by atoms with E-state index in [2.05, 4.69) is 0 Å². The zero-order chi connectivity index (χ0) is 28.4. The molecule has 3 aromatic rings. The first-order valence-electron chi connectivity index (χ1n) is 13.5. The van der Waals surface area contributed by atoms with Crippen molar-refractivity contribution in [2.75, 3.05) is 6.61 Å². The van der Waals surface area contributed by atoms with Gasteiger partial charge >= 0.3 is 5.97 Å². The van der Waals surface area contributed by atoms with E-state index < -0.39 is 32.9 Å². The zero-order valence-corrected chi connectivity index (χ0v) is 23.8. The summed E-state index contributed by atoms with van der Waals surface area (Å²) in [7, 11) is -4.03. The van der Waals surface area contributed by atoms with Crippen molar-refractivity contribution in [3.05, 3.63) is 124 Å². The average molecular weight is 556 g/mol. The van der Waals surface area contributed by atoms with Crippen molar-refractivity contribution >= 4 is 21.7 Å². The quantitative estimate of drug-likeness (QED) is 0.344. The second kappa shape index (κ2) is 11.3. The first-order chi connectivity index (χ1) is 19.2. The van der Waals surface area contributed by atoms with Gasteiger partial charge in [0.2, 0.25) is 5.91 Å². The molecule has 0 N–H and O–H groups in total. The number of ether oxygens (including phenoxy) is 1. The largest absolute Gasteiger partial charge is 0.463 e. The van der Waals surface area contributed by atoms with Crippen LogP contribution in [0, 0.1) is 13.8 Å². The standard InChI is InChI=1S/C33H33NO5S/c1-4-39-33(36)27-18-19-29-28(31(27)25-14-10-22(2)11-15-25)20-30(40(37,38)26-16-12-23(3)13-17-26)32(35)34(29)21-24-8-6-5-7-9-24/h5-18,30-31H,4,19-21H2,1-3H3. The minimum Gasteiger partial charge on any atom is -0.463 e. The number of esters is 1. The van der Waals surface area contributed by atoms with Crippen LogP contribution in [0.3, 0.4) is 0 Å². The molecule has 6 nitrogen and oxygen atoms in total. The number of aryl methyl sites for hydroxylation is 2. The van der Waals surface area contributed by atoms with E-state index in [1.165, 1.54) is 0 Å². The van der Waals surface area contributed by atoms with Gasteiger partial charge in [-0.25, -0.2) is 13.2 Å². The van der Waals surface area contributed by atoms with E-state index >= 15 is 0 Å². The number of nitrogens with zero attached hydrogens (tertiary/aromatic N) is 1. The van der Waals surface area contributed by atoms with Gasteiger partial charge in [-0.05, 0) is 56.0 Å². The first-order valence-corrected chi connectivity index (χ1v) is 15.1. The highest BCUT2D eigenvalue weighted by Gasteiger charge is 2.46. The van der Waals surface area contributed by atoms with E-state index in [0.717, 1.165) is 33.5 Å². The lowest BCUT2D eigenvalue weighted by atomic mass is 9.75. The van der Waals surface area contributed by atoms with E-state index in [0.29, 0.717) is 12.0 Å². The fourth-order valence-electron chi connectivity index (χ4n) is 5.55. The van der Waals surface area contributed by atoms with Gasteiger partial charge in [-0.2, -0.15) is 0 Å². The summed E-state index contributed by atoms with van der Waals surface area (Å²) in [6.45, 7) is 6.10. The Balaban J connectivity index is 1.67. The number of carbonyl (C=O) groups excluding carboxylic acids is 2. The van der Waals surface area contributed by atoms with Crippen molar-refractivity contribution in [1.82, 2.24) is 4.90 Å². The summed E-state index contributed by atoms with van der Waals surface area (Å²) < 4.78 is 33.4. The number of hydrogen-bond acceptors (Lipinski definition) is 5. The van der Waals surface area contributed by atoms with E-state index in [-0.39, 0.29) is 24.5 Å². The maximum absolute atomic E-state index is 14.1. The lowest BCUT2D eigenvalue weighted by molar-refractivity contribution is -0.138.